The van der Waals surface area contributed by atoms with Gasteiger partial charge in [0.1, 0.15) is 5.65 Å². The van der Waals surface area contributed by atoms with Crippen LogP contribution >= 0.6 is 0 Å². The van der Waals surface area contributed by atoms with E-state index >= 15 is 0 Å². The smallest absolute Gasteiger partial charge is 0.144 e. The van der Waals surface area contributed by atoms with Gasteiger partial charge in [0, 0.05) is 33.0 Å². The zero-order chi connectivity index (χ0) is 17.7. The second-order valence-corrected chi connectivity index (χ2v) is 6.88. The molecule has 3 aromatic rings. The van der Waals surface area contributed by atoms with Gasteiger partial charge in [-0.15, -0.1) is 0 Å². The number of fused-ring (bicyclic) bond motifs is 3. The summed E-state index contributed by atoms with van der Waals surface area (Å²) in [5.41, 5.74) is 6.76. The first-order valence-electron chi connectivity index (χ1n) is 8.53. The van der Waals surface area contributed by atoms with Crippen LogP contribution in [-0.4, -0.2) is 30.0 Å². The van der Waals surface area contributed by atoms with E-state index in [-0.39, 0.29) is 6.04 Å². The molecule has 0 fully saturated rings. The quantitative estimate of drug-likeness (QED) is 0.705. The largest absolute Gasteiger partial charge is 0.377 e. The highest BCUT2D eigenvalue weighted by molar-refractivity contribution is 6.04. The van der Waals surface area contributed by atoms with Crippen molar-refractivity contribution in [2.45, 2.75) is 19.9 Å². The van der Waals surface area contributed by atoms with Crippen LogP contribution in [0.4, 0.5) is 17.1 Å². The van der Waals surface area contributed by atoms with Crippen LogP contribution in [0.15, 0.2) is 41.5 Å². The molecule has 0 N–H and O–H groups in total. The molecule has 5 nitrogen and oxygen atoms in total. The van der Waals surface area contributed by atoms with Gasteiger partial charge in [0.05, 0.1) is 34.8 Å². The van der Waals surface area contributed by atoms with Crippen LogP contribution in [0, 0.1) is 6.92 Å². The minimum atomic E-state index is 0.185. The van der Waals surface area contributed by atoms with E-state index < -0.39 is 0 Å². The molecule has 0 saturated carbocycles. The van der Waals surface area contributed by atoms with Crippen molar-refractivity contribution in [3.63, 3.8) is 0 Å². The Hall–Kier alpha value is -2.82. The van der Waals surface area contributed by atoms with E-state index in [1.165, 1.54) is 11.3 Å². The molecule has 1 unspecified atom stereocenters. The number of hydrogen-bond acceptors (Lipinski definition) is 4. The molecule has 2 aromatic heterocycles. The minimum Gasteiger partial charge on any atom is -0.377 e. The van der Waals surface area contributed by atoms with Crippen molar-refractivity contribution in [2.75, 3.05) is 23.9 Å². The van der Waals surface area contributed by atoms with Gasteiger partial charge in [-0.3, -0.25) is 0 Å². The summed E-state index contributed by atoms with van der Waals surface area (Å²) in [6.07, 6.45) is 3.82. The Labute approximate surface area is 148 Å². The molecule has 0 aliphatic carbocycles. The fourth-order valence-corrected chi connectivity index (χ4v) is 3.66. The van der Waals surface area contributed by atoms with Gasteiger partial charge in [0.15, 0.2) is 0 Å². The Balaban J connectivity index is 1.90. The van der Waals surface area contributed by atoms with Gasteiger partial charge in [0.25, 0.3) is 0 Å². The lowest BCUT2D eigenvalue weighted by Crippen LogP contribution is -2.28. The van der Waals surface area contributed by atoms with Crippen molar-refractivity contribution >= 4 is 34.4 Å². The van der Waals surface area contributed by atoms with Gasteiger partial charge >= 0.3 is 0 Å². The first-order chi connectivity index (χ1) is 12.0. The summed E-state index contributed by atoms with van der Waals surface area (Å²) < 4.78 is 2.18. The molecule has 0 saturated heterocycles. The van der Waals surface area contributed by atoms with Crippen molar-refractivity contribution in [1.82, 2.24) is 9.55 Å². The predicted octanol–water partition coefficient (Wildman–Crippen LogP) is 4.19. The van der Waals surface area contributed by atoms with E-state index in [4.69, 9.17) is 4.99 Å². The lowest BCUT2D eigenvalue weighted by Gasteiger charge is -2.31. The minimum absolute atomic E-state index is 0.185. The van der Waals surface area contributed by atoms with Crippen molar-refractivity contribution in [2.24, 2.45) is 12.0 Å². The Kier molecular flexibility index (Phi) is 3.53. The number of hydrogen-bond donors (Lipinski definition) is 0. The highest BCUT2D eigenvalue weighted by Crippen LogP contribution is 2.44. The van der Waals surface area contributed by atoms with Gasteiger partial charge < -0.3 is 14.4 Å². The summed E-state index contributed by atoms with van der Waals surface area (Å²) in [6.45, 7) is 4.33. The number of pyridine rings is 1. The van der Waals surface area contributed by atoms with Crippen LogP contribution < -0.4 is 9.80 Å². The number of nitrogens with zero attached hydrogens (tertiary/aromatic N) is 5. The van der Waals surface area contributed by atoms with Crippen LogP contribution in [-0.2, 0) is 7.05 Å². The topological polar surface area (TPSA) is 36.7 Å². The maximum Gasteiger partial charge on any atom is 0.144 e. The zero-order valence-electron chi connectivity index (χ0n) is 15.4. The second kappa shape index (κ2) is 5.62. The molecule has 1 aromatic carbocycles. The van der Waals surface area contributed by atoms with Crippen LogP contribution in [0.5, 0.6) is 0 Å². The van der Waals surface area contributed by atoms with E-state index in [0.29, 0.717) is 0 Å². The van der Waals surface area contributed by atoms with E-state index in [0.717, 1.165) is 28.1 Å². The molecule has 3 heterocycles. The van der Waals surface area contributed by atoms with E-state index in [1.54, 1.807) is 0 Å². The summed E-state index contributed by atoms with van der Waals surface area (Å²) in [5.74, 6) is 0. The summed E-state index contributed by atoms with van der Waals surface area (Å²) in [4.78, 5) is 13.8. The Bertz CT molecular complexity index is 966. The van der Waals surface area contributed by atoms with Gasteiger partial charge in [-0.1, -0.05) is 17.7 Å². The molecule has 0 bridgehead atoms. The molecular weight excluding hydrogens is 310 g/mol. The average Bonchev–Trinajstić information content (AvgIpc) is 2.90. The molecule has 0 amide bonds. The van der Waals surface area contributed by atoms with Gasteiger partial charge in [0.2, 0.25) is 0 Å². The van der Waals surface area contributed by atoms with Crippen molar-refractivity contribution < 1.29 is 0 Å². The van der Waals surface area contributed by atoms with Gasteiger partial charge in [-0.2, -0.15) is 0 Å². The van der Waals surface area contributed by atoms with E-state index in [9.17, 15) is 0 Å². The molecule has 1 atom stereocenters. The van der Waals surface area contributed by atoms with E-state index in [1.807, 2.05) is 12.5 Å². The Morgan fingerprint density at radius 3 is 2.48 bits per heavy atom. The predicted molar refractivity (Wildman–Crippen MR) is 105 cm³/mol. The van der Waals surface area contributed by atoms with Crippen LogP contribution in [0.25, 0.3) is 11.0 Å². The standard InChI is InChI=1S/C20H23N5/c1-13-6-8-15(9-7-13)25-12-22-18-17-16(23(3)4)10-11-21-20(17)24(5)19(18)14(25)2/h6-12,14H,1-5H3. The Morgan fingerprint density at radius 2 is 1.80 bits per heavy atom. The summed E-state index contributed by atoms with van der Waals surface area (Å²) in [5, 5.41) is 1.12. The first-order valence-corrected chi connectivity index (χ1v) is 8.53. The molecule has 128 valence electrons. The summed E-state index contributed by atoms with van der Waals surface area (Å²) in [6, 6.07) is 10.8. The molecule has 1 aliphatic rings. The number of aliphatic imine (C=N–C) groups is 1. The first kappa shape index (κ1) is 15.7. The third-order valence-electron chi connectivity index (χ3n) is 5.01. The number of aromatic nitrogens is 2. The van der Waals surface area contributed by atoms with E-state index in [2.05, 4.69) is 84.7 Å². The van der Waals surface area contributed by atoms with Crippen molar-refractivity contribution in [1.29, 1.82) is 0 Å². The average molecular weight is 333 g/mol. The second-order valence-electron chi connectivity index (χ2n) is 6.88. The third kappa shape index (κ3) is 2.30. The number of benzene rings is 1. The monoisotopic (exact) mass is 333 g/mol. The fraction of sp³-hybridized carbons (Fsp3) is 0.300. The molecule has 0 spiro atoms. The summed E-state index contributed by atoms with van der Waals surface area (Å²) in [7, 11) is 6.20. The maximum atomic E-state index is 4.83. The number of aryl methyl sites for hydroxylation is 2. The number of anilines is 2. The van der Waals surface area contributed by atoms with Gasteiger partial charge in [-0.05, 0) is 32.0 Å². The highest BCUT2D eigenvalue weighted by Gasteiger charge is 2.29. The van der Waals surface area contributed by atoms with Crippen LogP contribution in [0.2, 0.25) is 0 Å². The van der Waals surface area contributed by atoms with Gasteiger partial charge in [-0.25, -0.2) is 9.98 Å². The van der Waals surface area contributed by atoms with Crippen LogP contribution in [0.1, 0.15) is 24.2 Å². The summed E-state index contributed by atoms with van der Waals surface area (Å²) >= 11 is 0. The lowest BCUT2D eigenvalue weighted by atomic mass is 10.1. The molecule has 25 heavy (non-hydrogen) atoms. The fourth-order valence-electron chi connectivity index (χ4n) is 3.66. The van der Waals surface area contributed by atoms with Crippen molar-refractivity contribution in [3.05, 3.63) is 47.8 Å². The molecule has 4 rings (SSSR count). The molecular formula is C20H23N5. The van der Waals surface area contributed by atoms with Crippen molar-refractivity contribution in [3.8, 4) is 0 Å². The Morgan fingerprint density at radius 1 is 1.08 bits per heavy atom. The normalized spacial score (nSPS) is 16.4. The lowest BCUT2D eigenvalue weighted by molar-refractivity contribution is 0.708. The number of rotatable bonds is 2. The molecule has 5 heteroatoms. The third-order valence-corrected chi connectivity index (χ3v) is 5.01. The van der Waals surface area contributed by atoms with Crippen LogP contribution in [0.3, 0.4) is 0 Å². The highest BCUT2D eigenvalue weighted by atomic mass is 15.2. The molecule has 0 radical (unpaired) electrons. The zero-order valence-corrected chi connectivity index (χ0v) is 15.4. The SMILES string of the molecule is Cc1ccc(N2C=Nc3c(n(C)c4nccc(N(C)C)c34)C2C)cc1. The molecule has 1 aliphatic heterocycles. The maximum absolute atomic E-state index is 4.83.